The number of rotatable bonds is 3. The lowest BCUT2D eigenvalue weighted by atomic mass is 9.96. The summed E-state index contributed by atoms with van der Waals surface area (Å²) in [5.41, 5.74) is 0. The van der Waals surface area contributed by atoms with Gasteiger partial charge in [0, 0.05) is 0 Å². The molecule has 2 rings (SSSR count). The molecule has 0 aromatic carbocycles. The maximum atomic E-state index is 9.90. The third-order valence-electron chi connectivity index (χ3n) is 3.69. The van der Waals surface area contributed by atoms with E-state index in [2.05, 4.69) is 0 Å². The van der Waals surface area contributed by atoms with Gasteiger partial charge in [-0.3, -0.25) is 0 Å². The van der Waals surface area contributed by atoms with Crippen molar-refractivity contribution < 1.29 is 24.8 Å². The molecule has 2 fully saturated rings. The van der Waals surface area contributed by atoms with Gasteiger partial charge in [0.1, 0.15) is 24.4 Å². The van der Waals surface area contributed by atoms with Gasteiger partial charge in [-0.25, -0.2) is 0 Å². The van der Waals surface area contributed by atoms with Gasteiger partial charge in [0.15, 0.2) is 0 Å². The summed E-state index contributed by atoms with van der Waals surface area (Å²) in [5.74, 6) is 0. The zero-order valence-electron chi connectivity index (χ0n) is 9.99. The number of hydrogen-bond acceptors (Lipinski definition) is 5. The van der Waals surface area contributed by atoms with Gasteiger partial charge in [-0.05, 0) is 12.8 Å². The molecule has 17 heavy (non-hydrogen) atoms. The first-order chi connectivity index (χ1) is 8.22. The summed E-state index contributed by atoms with van der Waals surface area (Å²) in [6.07, 6.45) is 2.57. The highest BCUT2D eigenvalue weighted by atomic mass is 16.6. The van der Waals surface area contributed by atoms with E-state index >= 15 is 0 Å². The summed E-state index contributed by atoms with van der Waals surface area (Å²) < 4.78 is 11.1. The minimum atomic E-state index is -1.07. The molecule has 2 aliphatic rings. The highest BCUT2D eigenvalue weighted by molar-refractivity contribution is 4.88. The number of aliphatic hydroxyl groups is 3. The van der Waals surface area contributed by atoms with Gasteiger partial charge >= 0.3 is 0 Å². The zero-order valence-corrected chi connectivity index (χ0v) is 9.99. The Kier molecular flexibility index (Phi) is 4.76. The molecule has 0 aromatic heterocycles. The fourth-order valence-corrected chi connectivity index (χ4v) is 2.58. The predicted molar refractivity (Wildman–Crippen MR) is 60.6 cm³/mol. The maximum Gasteiger partial charge on any atom is 0.111 e. The highest BCUT2D eigenvalue weighted by Crippen LogP contribution is 2.25. The number of aliphatic hydroxyl groups excluding tert-OH is 3. The normalized spacial score (nSPS) is 40.4. The fourth-order valence-electron chi connectivity index (χ4n) is 2.58. The van der Waals surface area contributed by atoms with Crippen LogP contribution in [0.15, 0.2) is 0 Å². The van der Waals surface area contributed by atoms with Crippen molar-refractivity contribution in [3.63, 3.8) is 0 Å². The molecule has 0 aromatic rings. The van der Waals surface area contributed by atoms with Crippen LogP contribution in [0.1, 0.15) is 32.1 Å². The molecule has 0 radical (unpaired) electrons. The summed E-state index contributed by atoms with van der Waals surface area (Å²) in [5, 5.41) is 28.6. The molecule has 0 bridgehead atoms. The van der Waals surface area contributed by atoms with E-state index in [0.717, 1.165) is 25.7 Å². The second kappa shape index (κ2) is 6.11. The van der Waals surface area contributed by atoms with Gasteiger partial charge in [-0.1, -0.05) is 19.3 Å². The second-order valence-electron chi connectivity index (χ2n) is 4.97. The standard InChI is InChI=1S/C12H22O5/c13-6-9-11(14)12(15)10(7-16-9)17-8-4-2-1-3-5-8/h8-15H,1-7H2/t9-,10+,11-,12-/m1/s1. The van der Waals surface area contributed by atoms with Crippen LogP contribution in [0.2, 0.25) is 0 Å². The Morgan fingerprint density at radius 1 is 1.06 bits per heavy atom. The smallest absolute Gasteiger partial charge is 0.111 e. The van der Waals surface area contributed by atoms with Crippen molar-refractivity contribution in [1.82, 2.24) is 0 Å². The molecule has 5 nitrogen and oxygen atoms in total. The Labute approximate surface area is 101 Å². The van der Waals surface area contributed by atoms with Crippen molar-refractivity contribution in [2.24, 2.45) is 0 Å². The molecule has 5 heteroatoms. The third kappa shape index (κ3) is 3.17. The predicted octanol–water partition coefficient (Wildman–Crippen LogP) is -0.183. The van der Waals surface area contributed by atoms with E-state index in [9.17, 15) is 10.2 Å². The Hall–Kier alpha value is -0.200. The van der Waals surface area contributed by atoms with Crippen molar-refractivity contribution in [3.8, 4) is 0 Å². The van der Waals surface area contributed by atoms with Crippen molar-refractivity contribution >= 4 is 0 Å². The number of ether oxygens (including phenoxy) is 2. The molecule has 0 unspecified atom stereocenters. The van der Waals surface area contributed by atoms with Crippen molar-refractivity contribution in [2.75, 3.05) is 13.2 Å². The zero-order chi connectivity index (χ0) is 12.3. The van der Waals surface area contributed by atoms with Crippen LogP contribution in [0.4, 0.5) is 0 Å². The van der Waals surface area contributed by atoms with Crippen LogP contribution in [-0.4, -0.2) is 59.1 Å². The topological polar surface area (TPSA) is 79.2 Å². The molecule has 4 atom stereocenters. The SMILES string of the molecule is OC[C@H]1OC[C@H](OC2CCCCC2)[C@@H](O)[C@@H]1O. The van der Waals surface area contributed by atoms with E-state index in [1.807, 2.05) is 0 Å². The van der Waals surface area contributed by atoms with Gasteiger partial charge in [0.05, 0.1) is 19.3 Å². The van der Waals surface area contributed by atoms with Crippen molar-refractivity contribution in [3.05, 3.63) is 0 Å². The summed E-state index contributed by atoms with van der Waals surface area (Å²) in [6.45, 7) is -0.0473. The van der Waals surface area contributed by atoms with Crippen molar-refractivity contribution in [1.29, 1.82) is 0 Å². The molecule has 1 heterocycles. The Morgan fingerprint density at radius 2 is 1.76 bits per heavy atom. The summed E-state index contributed by atoms with van der Waals surface area (Å²) in [7, 11) is 0. The third-order valence-corrected chi connectivity index (χ3v) is 3.69. The van der Waals surface area contributed by atoms with Crippen LogP contribution in [0.5, 0.6) is 0 Å². The van der Waals surface area contributed by atoms with Gasteiger partial charge in [0.2, 0.25) is 0 Å². The Morgan fingerprint density at radius 3 is 2.41 bits per heavy atom. The van der Waals surface area contributed by atoms with Crippen LogP contribution in [-0.2, 0) is 9.47 Å². The summed E-state index contributed by atoms with van der Waals surface area (Å²) in [4.78, 5) is 0. The lowest BCUT2D eigenvalue weighted by molar-refractivity contribution is -0.221. The van der Waals surface area contributed by atoms with E-state index in [1.54, 1.807) is 0 Å². The lowest BCUT2D eigenvalue weighted by Crippen LogP contribution is -2.55. The van der Waals surface area contributed by atoms with Crippen LogP contribution >= 0.6 is 0 Å². The molecule has 100 valence electrons. The van der Waals surface area contributed by atoms with E-state index in [-0.39, 0.29) is 19.3 Å². The minimum absolute atomic E-state index is 0.171. The summed E-state index contributed by atoms with van der Waals surface area (Å²) in [6, 6.07) is 0. The highest BCUT2D eigenvalue weighted by Gasteiger charge is 2.39. The van der Waals surface area contributed by atoms with Gasteiger partial charge in [-0.2, -0.15) is 0 Å². The van der Waals surface area contributed by atoms with Crippen LogP contribution in [0.3, 0.4) is 0 Å². The van der Waals surface area contributed by atoms with E-state index in [4.69, 9.17) is 14.6 Å². The minimum Gasteiger partial charge on any atom is -0.394 e. The molecule has 3 N–H and O–H groups in total. The molecule has 1 saturated heterocycles. The molecule has 0 amide bonds. The molecule has 1 aliphatic heterocycles. The number of hydrogen-bond donors (Lipinski definition) is 3. The first-order valence-corrected chi connectivity index (χ1v) is 6.46. The first kappa shape index (κ1) is 13.2. The maximum absolute atomic E-state index is 9.90. The molecular formula is C12H22O5. The van der Waals surface area contributed by atoms with Gasteiger partial charge in [-0.15, -0.1) is 0 Å². The van der Waals surface area contributed by atoms with Crippen LogP contribution in [0.25, 0.3) is 0 Å². The van der Waals surface area contributed by atoms with E-state index in [0.29, 0.717) is 0 Å². The molecule has 1 aliphatic carbocycles. The second-order valence-corrected chi connectivity index (χ2v) is 4.97. The monoisotopic (exact) mass is 246 g/mol. The van der Waals surface area contributed by atoms with E-state index in [1.165, 1.54) is 6.42 Å². The largest absolute Gasteiger partial charge is 0.394 e. The van der Waals surface area contributed by atoms with Crippen molar-refractivity contribution in [2.45, 2.75) is 62.6 Å². The quantitative estimate of drug-likeness (QED) is 0.643. The summed E-state index contributed by atoms with van der Waals surface area (Å²) >= 11 is 0. The molecule has 0 spiro atoms. The first-order valence-electron chi connectivity index (χ1n) is 6.46. The van der Waals surface area contributed by atoms with Gasteiger partial charge < -0.3 is 24.8 Å². The Bertz CT molecular complexity index is 229. The molecular weight excluding hydrogens is 224 g/mol. The van der Waals surface area contributed by atoms with E-state index < -0.39 is 24.4 Å². The Balaban J connectivity index is 1.84. The van der Waals surface area contributed by atoms with Gasteiger partial charge in [0.25, 0.3) is 0 Å². The average Bonchev–Trinajstić information content (AvgIpc) is 2.37. The fraction of sp³-hybridized carbons (Fsp3) is 1.00. The van der Waals surface area contributed by atoms with Crippen LogP contribution < -0.4 is 0 Å². The van der Waals surface area contributed by atoms with Crippen LogP contribution in [0, 0.1) is 0 Å². The average molecular weight is 246 g/mol. The lowest BCUT2D eigenvalue weighted by Gasteiger charge is -2.38. The molecule has 1 saturated carbocycles.